The predicted octanol–water partition coefficient (Wildman–Crippen LogP) is 4.98. The van der Waals surface area contributed by atoms with Crippen molar-refractivity contribution in [3.8, 4) is 23.1 Å². The van der Waals surface area contributed by atoms with Crippen LogP contribution >= 0.6 is 0 Å². The molecule has 2 aromatic carbocycles. The Hall–Kier alpha value is -3.37. The number of methoxy groups -OCH3 is 1. The van der Waals surface area contributed by atoms with Gasteiger partial charge in [-0.15, -0.1) is 0 Å². The van der Waals surface area contributed by atoms with E-state index in [0.717, 1.165) is 18.4 Å². The highest BCUT2D eigenvalue weighted by molar-refractivity contribution is 7.92. The molecule has 1 heterocycles. The first-order valence-corrected chi connectivity index (χ1v) is 13.8. The topological polar surface area (TPSA) is 126 Å². The van der Waals surface area contributed by atoms with Crippen LogP contribution in [0.15, 0.2) is 53.4 Å². The monoisotopic (exact) mass is 526 g/mol. The Kier molecular flexibility index (Phi) is 7.89. The number of sulfonamides is 1. The van der Waals surface area contributed by atoms with Gasteiger partial charge in [-0.3, -0.25) is 4.72 Å². The van der Waals surface area contributed by atoms with E-state index in [-0.39, 0.29) is 33.7 Å². The highest BCUT2D eigenvalue weighted by Crippen LogP contribution is 2.45. The van der Waals surface area contributed by atoms with E-state index in [2.05, 4.69) is 35.5 Å². The molecule has 0 radical (unpaired) electrons. The molecule has 37 heavy (non-hydrogen) atoms. The molecule has 0 saturated heterocycles. The minimum atomic E-state index is -4.00. The van der Waals surface area contributed by atoms with Gasteiger partial charge in [-0.1, -0.05) is 45.0 Å². The standard InChI is InChI=1S/C27H34N4O5S/c1-27(2,3)19-12-14-20(15-13-19)37(32,33)31-25-23(36-22-9-6-5-8-21(22)34-4)26(35-17-7-16-28)30-24(29-25)18-10-11-18/h5-6,8-9,12-15,18H,7,10-11,16-17,28H2,1-4H3,(H,29,30,31). The van der Waals surface area contributed by atoms with E-state index < -0.39 is 10.0 Å². The summed E-state index contributed by atoms with van der Waals surface area (Å²) in [6.45, 7) is 6.95. The van der Waals surface area contributed by atoms with Crippen LogP contribution in [0, 0.1) is 0 Å². The van der Waals surface area contributed by atoms with E-state index >= 15 is 0 Å². The lowest BCUT2D eigenvalue weighted by Gasteiger charge is -2.20. The zero-order valence-electron chi connectivity index (χ0n) is 21.7. The second-order valence-electron chi connectivity index (χ2n) is 9.96. The van der Waals surface area contributed by atoms with Crippen LogP contribution in [0.5, 0.6) is 23.1 Å². The third-order valence-electron chi connectivity index (χ3n) is 5.92. The molecule has 9 nitrogen and oxygen atoms in total. The van der Waals surface area contributed by atoms with E-state index in [1.54, 1.807) is 30.3 Å². The molecule has 0 amide bonds. The van der Waals surface area contributed by atoms with Gasteiger partial charge < -0.3 is 19.9 Å². The lowest BCUT2D eigenvalue weighted by molar-refractivity contribution is 0.283. The predicted molar refractivity (Wildman–Crippen MR) is 142 cm³/mol. The number of hydrogen-bond donors (Lipinski definition) is 2. The normalized spacial score (nSPS) is 13.8. The van der Waals surface area contributed by atoms with Crippen LogP contribution in [0.25, 0.3) is 0 Å². The van der Waals surface area contributed by atoms with Gasteiger partial charge >= 0.3 is 0 Å². The summed E-state index contributed by atoms with van der Waals surface area (Å²) in [5, 5.41) is 0. The van der Waals surface area contributed by atoms with Gasteiger partial charge in [0.25, 0.3) is 15.9 Å². The van der Waals surface area contributed by atoms with Crippen LogP contribution in [0.4, 0.5) is 5.82 Å². The number of rotatable bonds is 11. The maximum atomic E-state index is 13.4. The van der Waals surface area contributed by atoms with Crippen molar-refractivity contribution in [3.63, 3.8) is 0 Å². The van der Waals surface area contributed by atoms with E-state index in [1.165, 1.54) is 7.11 Å². The fourth-order valence-electron chi connectivity index (χ4n) is 3.62. The van der Waals surface area contributed by atoms with Crippen LogP contribution < -0.4 is 24.7 Å². The van der Waals surface area contributed by atoms with Crippen molar-refractivity contribution in [3.05, 3.63) is 59.9 Å². The minimum absolute atomic E-state index is 0.00505. The second-order valence-corrected chi connectivity index (χ2v) is 11.6. The Balaban J connectivity index is 1.77. The average Bonchev–Trinajstić information content (AvgIpc) is 3.71. The van der Waals surface area contributed by atoms with Crippen molar-refractivity contribution < 1.29 is 22.6 Å². The first-order valence-electron chi connectivity index (χ1n) is 12.3. The van der Waals surface area contributed by atoms with E-state index in [4.69, 9.17) is 19.9 Å². The molecule has 1 aliphatic rings. The van der Waals surface area contributed by atoms with Crippen molar-refractivity contribution >= 4 is 15.8 Å². The molecular weight excluding hydrogens is 492 g/mol. The number of hydrogen-bond acceptors (Lipinski definition) is 8. The summed E-state index contributed by atoms with van der Waals surface area (Å²) >= 11 is 0. The van der Waals surface area contributed by atoms with E-state index in [9.17, 15) is 8.42 Å². The van der Waals surface area contributed by atoms with Crippen molar-refractivity contribution in [1.29, 1.82) is 0 Å². The first kappa shape index (κ1) is 26.7. The van der Waals surface area contributed by atoms with Crippen LogP contribution in [-0.2, 0) is 15.4 Å². The van der Waals surface area contributed by atoms with Crippen molar-refractivity contribution in [2.24, 2.45) is 5.73 Å². The molecule has 4 rings (SSSR count). The summed E-state index contributed by atoms with van der Waals surface area (Å²) in [6.07, 6.45) is 2.45. The van der Waals surface area contributed by atoms with Gasteiger partial charge in [0.2, 0.25) is 5.75 Å². The summed E-state index contributed by atoms with van der Waals surface area (Å²) in [4.78, 5) is 9.27. The Morgan fingerprint density at radius 2 is 1.70 bits per heavy atom. The number of aromatic nitrogens is 2. The molecule has 1 fully saturated rings. The smallest absolute Gasteiger partial charge is 0.263 e. The Bertz CT molecular complexity index is 1330. The number of para-hydroxylation sites is 2. The third kappa shape index (κ3) is 6.50. The summed E-state index contributed by atoms with van der Waals surface area (Å²) < 4.78 is 47.0. The quantitative estimate of drug-likeness (QED) is 0.335. The molecule has 0 atom stereocenters. The fraction of sp³-hybridized carbons (Fsp3) is 0.407. The SMILES string of the molecule is COc1ccccc1Oc1c(NS(=O)(=O)c2ccc(C(C)(C)C)cc2)nc(C2CC2)nc1OCCCN. The van der Waals surface area contributed by atoms with Crippen LogP contribution in [0.1, 0.15) is 57.3 Å². The molecule has 1 aliphatic carbocycles. The summed E-state index contributed by atoms with van der Waals surface area (Å²) in [5.41, 5.74) is 6.57. The van der Waals surface area contributed by atoms with Crippen LogP contribution in [0.3, 0.4) is 0 Å². The van der Waals surface area contributed by atoms with Crippen molar-refractivity contribution in [1.82, 2.24) is 9.97 Å². The van der Waals surface area contributed by atoms with Gasteiger partial charge in [-0.25, -0.2) is 13.4 Å². The maximum Gasteiger partial charge on any atom is 0.263 e. The summed E-state index contributed by atoms with van der Waals surface area (Å²) in [7, 11) is -2.47. The molecule has 1 saturated carbocycles. The molecule has 10 heteroatoms. The highest BCUT2D eigenvalue weighted by Gasteiger charge is 2.32. The van der Waals surface area contributed by atoms with Gasteiger partial charge in [0.15, 0.2) is 17.3 Å². The van der Waals surface area contributed by atoms with Gasteiger partial charge in [0.1, 0.15) is 5.82 Å². The molecule has 1 aromatic heterocycles. The lowest BCUT2D eigenvalue weighted by atomic mass is 9.87. The first-order chi connectivity index (χ1) is 17.6. The number of benzene rings is 2. The van der Waals surface area contributed by atoms with E-state index in [0.29, 0.717) is 36.9 Å². The van der Waals surface area contributed by atoms with E-state index in [1.807, 2.05) is 18.2 Å². The molecule has 0 unspecified atom stereocenters. The second kappa shape index (κ2) is 10.9. The van der Waals surface area contributed by atoms with Crippen molar-refractivity contribution in [2.45, 2.75) is 56.3 Å². The number of nitrogens with two attached hydrogens (primary N) is 1. The number of anilines is 1. The Labute approximate surface area is 218 Å². The van der Waals surface area contributed by atoms with Gasteiger partial charge in [-0.2, -0.15) is 4.98 Å². The summed E-state index contributed by atoms with van der Waals surface area (Å²) in [6, 6.07) is 13.9. The largest absolute Gasteiger partial charge is 0.493 e. The zero-order valence-corrected chi connectivity index (χ0v) is 22.5. The molecular formula is C27H34N4O5S. The zero-order chi connectivity index (χ0) is 26.6. The summed E-state index contributed by atoms with van der Waals surface area (Å²) in [5.74, 6) is 1.70. The number of nitrogens with zero attached hydrogens (tertiary/aromatic N) is 2. The van der Waals surface area contributed by atoms with Gasteiger partial charge in [0, 0.05) is 5.92 Å². The van der Waals surface area contributed by atoms with Gasteiger partial charge in [0.05, 0.1) is 18.6 Å². The molecule has 0 aliphatic heterocycles. The minimum Gasteiger partial charge on any atom is -0.493 e. The third-order valence-corrected chi connectivity index (χ3v) is 7.28. The fourth-order valence-corrected chi connectivity index (χ4v) is 4.62. The molecule has 3 aromatic rings. The highest BCUT2D eigenvalue weighted by atomic mass is 32.2. The molecule has 0 bridgehead atoms. The average molecular weight is 527 g/mol. The lowest BCUT2D eigenvalue weighted by Crippen LogP contribution is -2.17. The maximum absolute atomic E-state index is 13.4. The Morgan fingerprint density at radius 1 is 1.03 bits per heavy atom. The van der Waals surface area contributed by atoms with Crippen molar-refractivity contribution in [2.75, 3.05) is 25.0 Å². The van der Waals surface area contributed by atoms with Crippen LogP contribution in [-0.4, -0.2) is 38.6 Å². The molecule has 198 valence electrons. The van der Waals surface area contributed by atoms with Gasteiger partial charge in [-0.05, 0) is 61.1 Å². The molecule has 3 N–H and O–H groups in total. The molecule has 0 spiro atoms. The number of nitrogens with one attached hydrogen (secondary N) is 1. The number of ether oxygens (including phenoxy) is 3. The van der Waals surface area contributed by atoms with Crippen LogP contribution in [0.2, 0.25) is 0 Å². The Morgan fingerprint density at radius 3 is 2.30 bits per heavy atom.